The Hall–Kier alpha value is -3.49. The highest BCUT2D eigenvalue weighted by Gasteiger charge is 2.20. The van der Waals surface area contributed by atoms with Gasteiger partial charge in [-0.25, -0.2) is 4.79 Å². The van der Waals surface area contributed by atoms with Crippen molar-refractivity contribution in [3.63, 3.8) is 0 Å². The van der Waals surface area contributed by atoms with E-state index < -0.39 is 24.4 Å². The fourth-order valence-electron chi connectivity index (χ4n) is 2.64. The second-order valence-corrected chi connectivity index (χ2v) is 6.06. The van der Waals surface area contributed by atoms with Gasteiger partial charge in [0.05, 0.1) is 25.4 Å². The first-order chi connectivity index (χ1) is 14.4. The Balaban J connectivity index is 2.09. The van der Waals surface area contributed by atoms with E-state index in [0.717, 1.165) is 0 Å². The molecule has 9 heteroatoms. The highest BCUT2D eigenvalue weighted by atomic mass is 16.5. The summed E-state index contributed by atoms with van der Waals surface area (Å²) in [6, 6.07) is 6.18. The highest BCUT2D eigenvalue weighted by molar-refractivity contribution is 6.04. The number of nitrogens with one attached hydrogen (secondary N) is 1. The van der Waals surface area contributed by atoms with Gasteiger partial charge in [0, 0.05) is 13.2 Å². The van der Waals surface area contributed by atoms with E-state index in [9.17, 15) is 14.4 Å². The summed E-state index contributed by atoms with van der Waals surface area (Å²) in [6.07, 6.45) is 1.68. The second kappa shape index (κ2) is 10.9. The largest absolute Gasteiger partial charge is 0.490 e. The van der Waals surface area contributed by atoms with Gasteiger partial charge in [-0.1, -0.05) is 0 Å². The fraction of sp³-hybridized carbons (Fsp3) is 0.381. The number of benzene rings is 1. The zero-order chi connectivity index (χ0) is 22.1. The van der Waals surface area contributed by atoms with Crippen molar-refractivity contribution in [1.29, 1.82) is 0 Å². The van der Waals surface area contributed by atoms with Crippen LogP contribution in [0.15, 0.2) is 30.5 Å². The topological polar surface area (TPSA) is 105 Å². The van der Waals surface area contributed by atoms with E-state index in [4.69, 9.17) is 18.9 Å². The first-order valence-electron chi connectivity index (χ1n) is 9.60. The molecule has 0 aliphatic carbocycles. The van der Waals surface area contributed by atoms with Gasteiger partial charge in [0.2, 0.25) is 5.75 Å². The number of rotatable bonds is 10. The van der Waals surface area contributed by atoms with E-state index in [1.165, 1.54) is 12.1 Å². The summed E-state index contributed by atoms with van der Waals surface area (Å²) < 4.78 is 23.3. The predicted octanol–water partition coefficient (Wildman–Crippen LogP) is 2.33. The predicted molar refractivity (Wildman–Crippen MR) is 108 cm³/mol. The molecule has 0 aliphatic rings. The van der Waals surface area contributed by atoms with Gasteiger partial charge in [0.25, 0.3) is 11.8 Å². The molecule has 162 valence electrons. The molecule has 1 N–H and O–H groups in total. The standard InChI is InChI=1S/C21H26N2O7/c1-5-27-16-11-14(12-17(28-6-2)19(16)29-7-3)21(26)30-13-18(24)22-20(25)15-9-8-10-23(15)4/h8-12H,5-7,13H2,1-4H3,(H,22,24,25). The van der Waals surface area contributed by atoms with E-state index in [1.54, 1.807) is 43.8 Å². The minimum absolute atomic E-state index is 0.131. The lowest BCUT2D eigenvalue weighted by Gasteiger charge is -2.16. The Morgan fingerprint density at radius 3 is 2.07 bits per heavy atom. The third kappa shape index (κ3) is 5.76. The third-order valence-corrected chi connectivity index (χ3v) is 3.91. The maximum Gasteiger partial charge on any atom is 0.338 e. The van der Waals surface area contributed by atoms with Crippen molar-refractivity contribution in [1.82, 2.24) is 9.88 Å². The molecule has 0 fully saturated rings. The first kappa shape index (κ1) is 22.8. The third-order valence-electron chi connectivity index (χ3n) is 3.91. The van der Waals surface area contributed by atoms with Crippen LogP contribution in [0.25, 0.3) is 0 Å². The molecule has 2 amide bonds. The molecule has 2 rings (SSSR count). The van der Waals surface area contributed by atoms with Gasteiger partial charge in [-0.2, -0.15) is 0 Å². The SMILES string of the molecule is CCOc1cc(C(=O)OCC(=O)NC(=O)c2cccn2C)cc(OCC)c1OCC. The van der Waals surface area contributed by atoms with Crippen LogP contribution in [-0.4, -0.2) is 48.8 Å². The molecule has 0 bridgehead atoms. The van der Waals surface area contributed by atoms with Crippen LogP contribution in [0.3, 0.4) is 0 Å². The Labute approximate surface area is 174 Å². The monoisotopic (exact) mass is 418 g/mol. The molecule has 0 spiro atoms. The van der Waals surface area contributed by atoms with Crippen molar-refractivity contribution in [2.24, 2.45) is 7.05 Å². The van der Waals surface area contributed by atoms with E-state index in [2.05, 4.69) is 5.32 Å². The van der Waals surface area contributed by atoms with Crippen molar-refractivity contribution in [2.45, 2.75) is 20.8 Å². The van der Waals surface area contributed by atoms with Crippen LogP contribution >= 0.6 is 0 Å². The van der Waals surface area contributed by atoms with Gasteiger partial charge < -0.3 is 23.5 Å². The Kier molecular flexibility index (Phi) is 8.28. The highest BCUT2D eigenvalue weighted by Crippen LogP contribution is 2.39. The summed E-state index contributed by atoms with van der Waals surface area (Å²) >= 11 is 0. The summed E-state index contributed by atoms with van der Waals surface area (Å²) in [5, 5.41) is 2.17. The van der Waals surface area contributed by atoms with Crippen molar-refractivity contribution >= 4 is 17.8 Å². The molecule has 1 aromatic heterocycles. The van der Waals surface area contributed by atoms with Crippen LogP contribution in [0, 0.1) is 0 Å². The number of aromatic nitrogens is 1. The minimum Gasteiger partial charge on any atom is -0.490 e. The van der Waals surface area contributed by atoms with Crippen LogP contribution in [-0.2, 0) is 16.6 Å². The average Bonchev–Trinajstić information content (AvgIpc) is 3.14. The molecule has 2 aromatic rings. The molecule has 1 heterocycles. The van der Waals surface area contributed by atoms with Crippen LogP contribution in [0.1, 0.15) is 41.6 Å². The van der Waals surface area contributed by atoms with Gasteiger partial charge in [-0.05, 0) is 45.0 Å². The lowest BCUT2D eigenvalue weighted by Crippen LogP contribution is -2.35. The maximum atomic E-state index is 12.5. The number of carbonyl (C=O) groups excluding carboxylic acids is 3. The normalized spacial score (nSPS) is 10.3. The summed E-state index contributed by atoms with van der Waals surface area (Å²) in [4.78, 5) is 36.5. The second-order valence-electron chi connectivity index (χ2n) is 6.06. The number of hydrogen-bond acceptors (Lipinski definition) is 7. The summed E-state index contributed by atoms with van der Waals surface area (Å²) in [6.45, 7) is 5.91. The van der Waals surface area contributed by atoms with Crippen molar-refractivity contribution in [3.8, 4) is 17.2 Å². The lowest BCUT2D eigenvalue weighted by molar-refractivity contribution is -0.123. The number of hydrogen-bond donors (Lipinski definition) is 1. The van der Waals surface area contributed by atoms with Crippen molar-refractivity contribution in [3.05, 3.63) is 41.7 Å². The molecular weight excluding hydrogens is 392 g/mol. The summed E-state index contributed by atoms with van der Waals surface area (Å²) in [7, 11) is 1.68. The zero-order valence-electron chi connectivity index (χ0n) is 17.5. The summed E-state index contributed by atoms with van der Waals surface area (Å²) in [5.41, 5.74) is 0.441. The van der Waals surface area contributed by atoms with Crippen molar-refractivity contribution in [2.75, 3.05) is 26.4 Å². The Bertz CT molecular complexity index is 878. The first-order valence-corrected chi connectivity index (χ1v) is 9.60. The average molecular weight is 418 g/mol. The Morgan fingerprint density at radius 2 is 1.57 bits per heavy atom. The quantitative estimate of drug-likeness (QED) is 0.591. The van der Waals surface area contributed by atoms with Crippen LogP contribution < -0.4 is 19.5 Å². The molecular formula is C21H26N2O7. The van der Waals surface area contributed by atoms with Gasteiger partial charge in [-0.15, -0.1) is 0 Å². The van der Waals surface area contributed by atoms with Gasteiger partial charge in [-0.3, -0.25) is 14.9 Å². The lowest BCUT2D eigenvalue weighted by atomic mass is 10.2. The minimum atomic E-state index is -0.763. The number of carbonyl (C=O) groups is 3. The molecule has 0 saturated carbocycles. The number of amides is 2. The number of imide groups is 1. The summed E-state index contributed by atoms with van der Waals surface area (Å²) in [5.74, 6) is -1.02. The molecule has 0 atom stereocenters. The van der Waals surface area contributed by atoms with Gasteiger partial charge in [0.15, 0.2) is 18.1 Å². The van der Waals surface area contributed by atoms with Gasteiger partial charge in [0.1, 0.15) is 5.69 Å². The fourth-order valence-corrected chi connectivity index (χ4v) is 2.64. The van der Waals surface area contributed by atoms with Crippen LogP contribution in [0.2, 0.25) is 0 Å². The maximum absolute atomic E-state index is 12.5. The molecule has 0 unspecified atom stereocenters. The molecule has 0 saturated heterocycles. The number of aryl methyl sites for hydroxylation is 1. The van der Waals surface area contributed by atoms with Crippen LogP contribution in [0.4, 0.5) is 0 Å². The molecule has 1 aromatic carbocycles. The van der Waals surface area contributed by atoms with E-state index in [1.807, 2.05) is 6.92 Å². The molecule has 0 aliphatic heterocycles. The molecule has 9 nitrogen and oxygen atoms in total. The Morgan fingerprint density at radius 1 is 0.967 bits per heavy atom. The van der Waals surface area contributed by atoms with Gasteiger partial charge >= 0.3 is 5.97 Å². The van der Waals surface area contributed by atoms with E-state index in [0.29, 0.717) is 42.8 Å². The van der Waals surface area contributed by atoms with E-state index in [-0.39, 0.29) is 5.56 Å². The van der Waals surface area contributed by atoms with Crippen LogP contribution in [0.5, 0.6) is 17.2 Å². The van der Waals surface area contributed by atoms with E-state index >= 15 is 0 Å². The number of nitrogens with zero attached hydrogens (tertiary/aromatic N) is 1. The molecule has 0 radical (unpaired) electrons. The smallest absolute Gasteiger partial charge is 0.338 e. The molecule has 30 heavy (non-hydrogen) atoms. The number of ether oxygens (including phenoxy) is 4. The number of esters is 1. The zero-order valence-corrected chi connectivity index (χ0v) is 17.5. The van der Waals surface area contributed by atoms with Crippen molar-refractivity contribution < 1.29 is 33.3 Å².